The van der Waals surface area contributed by atoms with Gasteiger partial charge in [-0.1, -0.05) is 32.0 Å². The number of nitrogens with zero attached hydrogens (tertiary/aromatic N) is 3. The van der Waals surface area contributed by atoms with Crippen LogP contribution < -0.4 is 10.2 Å². The lowest BCUT2D eigenvalue weighted by Crippen LogP contribution is -2.26. The maximum atomic E-state index is 12.0. The summed E-state index contributed by atoms with van der Waals surface area (Å²) in [5.74, 6) is 1.08. The summed E-state index contributed by atoms with van der Waals surface area (Å²) >= 11 is 0. The van der Waals surface area contributed by atoms with Crippen LogP contribution in [0.5, 0.6) is 0 Å². The normalized spacial score (nSPS) is 10.5. The molecule has 2 aromatic rings. The predicted octanol–water partition coefficient (Wildman–Crippen LogP) is 3.02. The molecule has 1 heterocycles. The van der Waals surface area contributed by atoms with E-state index in [-0.39, 0.29) is 5.91 Å². The van der Waals surface area contributed by atoms with Crippen LogP contribution in [0.3, 0.4) is 0 Å². The Kier molecular flexibility index (Phi) is 5.47. The number of aromatic nitrogens is 2. The van der Waals surface area contributed by atoms with Gasteiger partial charge in [0.1, 0.15) is 5.69 Å². The quantitative estimate of drug-likeness (QED) is 0.890. The molecule has 1 amide bonds. The Balaban J connectivity index is 1.99. The molecule has 0 aliphatic rings. The van der Waals surface area contributed by atoms with Gasteiger partial charge in [0.05, 0.1) is 12.4 Å². The van der Waals surface area contributed by atoms with Crippen LogP contribution in [-0.4, -0.2) is 29.5 Å². The number of amides is 1. The molecule has 1 aromatic carbocycles. The SMILES string of the molecule is CC(C)CCNC(=O)c1cnc(N(C)c2ccccc2)cn1. The topological polar surface area (TPSA) is 58.1 Å². The van der Waals surface area contributed by atoms with Crippen molar-refractivity contribution in [3.63, 3.8) is 0 Å². The molecule has 0 aliphatic carbocycles. The zero-order valence-corrected chi connectivity index (χ0v) is 13.3. The third-order valence-corrected chi connectivity index (χ3v) is 3.37. The van der Waals surface area contributed by atoms with Crippen molar-refractivity contribution < 1.29 is 4.79 Å². The second-order valence-corrected chi connectivity index (χ2v) is 5.59. The minimum atomic E-state index is -0.179. The summed E-state index contributed by atoms with van der Waals surface area (Å²) in [5.41, 5.74) is 1.36. The Labute approximate surface area is 131 Å². The van der Waals surface area contributed by atoms with Gasteiger partial charge in [-0.05, 0) is 24.5 Å². The van der Waals surface area contributed by atoms with Crippen molar-refractivity contribution in [2.24, 2.45) is 5.92 Å². The first kappa shape index (κ1) is 15.9. The number of hydrogen-bond donors (Lipinski definition) is 1. The Morgan fingerprint density at radius 3 is 2.50 bits per heavy atom. The molecule has 0 aliphatic heterocycles. The van der Waals surface area contributed by atoms with Gasteiger partial charge in [0.15, 0.2) is 5.82 Å². The molecule has 0 saturated heterocycles. The van der Waals surface area contributed by atoms with E-state index in [1.807, 2.05) is 42.3 Å². The van der Waals surface area contributed by atoms with Crippen LogP contribution in [0, 0.1) is 5.92 Å². The molecule has 0 unspecified atom stereocenters. The van der Waals surface area contributed by atoms with Crippen LogP contribution in [-0.2, 0) is 0 Å². The van der Waals surface area contributed by atoms with Crippen molar-refractivity contribution in [3.8, 4) is 0 Å². The predicted molar refractivity (Wildman–Crippen MR) is 88.3 cm³/mol. The summed E-state index contributed by atoms with van der Waals surface area (Å²) in [6, 6.07) is 9.89. The van der Waals surface area contributed by atoms with Gasteiger partial charge in [0.2, 0.25) is 0 Å². The number of carbonyl (C=O) groups is 1. The fourth-order valence-corrected chi connectivity index (χ4v) is 1.96. The first-order valence-corrected chi connectivity index (χ1v) is 7.47. The van der Waals surface area contributed by atoms with Crippen LogP contribution in [0.2, 0.25) is 0 Å². The van der Waals surface area contributed by atoms with Crippen LogP contribution in [0.4, 0.5) is 11.5 Å². The summed E-state index contributed by atoms with van der Waals surface area (Å²) in [6.45, 7) is 4.91. The molecule has 116 valence electrons. The maximum absolute atomic E-state index is 12.0. The molecule has 22 heavy (non-hydrogen) atoms. The first-order chi connectivity index (χ1) is 10.6. The Bertz CT molecular complexity index is 596. The average Bonchev–Trinajstić information content (AvgIpc) is 2.54. The molecule has 0 atom stereocenters. The third-order valence-electron chi connectivity index (χ3n) is 3.37. The monoisotopic (exact) mass is 298 g/mol. The largest absolute Gasteiger partial charge is 0.351 e. The number of para-hydroxylation sites is 1. The van der Waals surface area contributed by atoms with Gasteiger partial charge >= 0.3 is 0 Å². The van der Waals surface area contributed by atoms with E-state index in [4.69, 9.17) is 0 Å². The van der Waals surface area contributed by atoms with Crippen molar-refractivity contribution in [1.82, 2.24) is 15.3 Å². The van der Waals surface area contributed by atoms with Crippen LogP contribution in [0.15, 0.2) is 42.7 Å². The molecule has 0 spiro atoms. The van der Waals surface area contributed by atoms with E-state index in [2.05, 4.69) is 29.1 Å². The van der Waals surface area contributed by atoms with Gasteiger partial charge in [0, 0.05) is 19.3 Å². The van der Waals surface area contributed by atoms with Crippen molar-refractivity contribution in [3.05, 3.63) is 48.4 Å². The maximum Gasteiger partial charge on any atom is 0.271 e. The molecule has 2 rings (SSSR count). The fraction of sp³-hybridized carbons (Fsp3) is 0.353. The zero-order valence-electron chi connectivity index (χ0n) is 13.3. The first-order valence-electron chi connectivity index (χ1n) is 7.47. The van der Waals surface area contributed by atoms with Crippen molar-refractivity contribution >= 4 is 17.4 Å². The second-order valence-electron chi connectivity index (χ2n) is 5.59. The molecule has 1 N–H and O–H groups in total. The van der Waals surface area contributed by atoms with Crippen molar-refractivity contribution in [2.45, 2.75) is 20.3 Å². The van der Waals surface area contributed by atoms with Crippen molar-refractivity contribution in [1.29, 1.82) is 0 Å². The average molecular weight is 298 g/mol. The summed E-state index contributed by atoms with van der Waals surface area (Å²) in [5, 5.41) is 2.86. The van der Waals surface area contributed by atoms with Gasteiger partial charge in [-0.2, -0.15) is 0 Å². The highest BCUT2D eigenvalue weighted by Crippen LogP contribution is 2.19. The number of hydrogen-bond acceptors (Lipinski definition) is 4. The highest BCUT2D eigenvalue weighted by molar-refractivity contribution is 5.92. The lowest BCUT2D eigenvalue weighted by atomic mass is 10.1. The molecule has 5 nitrogen and oxygen atoms in total. The summed E-state index contributed by atoms with van der Waals surface area (Å²) in [6.07, 6.45) is 4.08. The number of nitrogens with one attached hydrogen (secondary N) is 1. The zero-order chi connectivity index (χ0) is 15.9. The van der Waals surface area contributed by atoms with Crippen LogP contribution in [0.25, 0.3) is 0 Å². The van der Waals surface area contributed by atoms with Gasteiger partial charge in [-0.25, -0.2) is 9.97 Å². The van der Waals surface area contributed by atoms with Gasteiger partial charge in [-0.15, -0.1) is 0 Å². The molecule has 1 aromatic heterocycles. The molecule has 0 radical (unpaired) electrons. The third kappa shape index (κ3) is 4.28. The van der Waals surface area contributed by atoms with Crippen molar-refractivity contribution in [2.75, 3.05) is 18.5 Å². The molecule has 0 fully saturated rings. The number of anilines is 2. The summed E-state index contributed by atoms with van der Waals surface area (Å²) < 4.78 is 0. The highest BCUT2D eigenvalue weighted by atomic mass is 16.1. The lowest BCUT2D eigenvalue weighted by Gasteiger charge is -2.17. The van der Waals surface area contributed by atoms with Gasteiger partial charge in [-0.3, -0.25) is 4.79 Å². The van der Waals surface area contributed by atoms with Gasteiger partial charge < -0.3 is 10.2 Å². The standard InChI is InChI=1S/C17H22N4O/c1-13(2)9-10-18-17(22)15-11-20-16(12-19-15)21(3)14-7-5-4-6-8-14/h4-8,11-13H,9-10H2,1-3H3,(H,18,22). The Morgan fingerprint density at radius 1 is 1.18 bits per heavy atom. The Hall–Kier alpha value is -2.43. The van der Waals surface area contributed by atoms with E-state index in [1.54, 1.807) is 6.20 Å². The molecule has 0 saturated carbocycles. The van der Waals surface area contributed by atoms with E-state index < -0.39 is 0 Å². The van der Waals surface area contributed by atoms with Gasteiger partial charge in [0.25, 0.3) is 5.91 Å². The minimum Gasteiger partial charge on any atom is -0.351 e. The fourth-order valence-electron chi connectivity index (χ4n) is 1.96. The van der Waals surface area contributed by atoms with E-state index in [9.17, 15) is 4.79 Å². The molecular formula is C17H22N4O. The Morgan fingerprint density at radius 2 is 1.91 bits per heavy atom. The number of benzene rings is 1. The second kappa shape index (κ2) is 7.54. The molecular weight excluding hydrogens is 276 g/mol. The molecule has 0 bridgehead atoms. The van der Waals surface area contributed by atoms with E-state index in [1.165, 1.54) is 6.20 Å². The highest BCUT2D eigenvalue weighted by Gasteiger charge is 2.10. The number of carbonyl (C=O) groups excluding carboxylic acids is 1. The van der Waals surface area contributed by atoms with Crippen LogP contribution in [0.1, 0.15) is 30.8 Å². The van der Waals surface area contributed by atoms with E-state index in [0.717, 1.165) is 12.1 Å². The van der Waals surface area contributed by atoms with Crippen LogP contribution >= 0.6 is 0 Å². The summed E-state index contributed by atoms with van der Waals surface area (Å²) in [7, 11) is 1.92. The minimum absolute atomic E-state index is 0.179. The number of rotatable bonds is 6. The van der Waals surface area contributed by atoms with E-state index >= 15 is 0 Å². The summed E-state index contributed by atoms with van der Waals surface area (Å²) in [4.78, 5) is 22.4. The lowest BCUT2D eigenvalue weighted by molar-refractivity contribution is 0.0946. The van der Waals surface area contributed by atoms with E-state index in [0.29, 0.717) is 24.0 Å². The molecule has 5 heteroatoms. The smallest absolute Gasteiger partial charge is 0.271 e.